The first-order chi connectivity index (χ1) is 19.6. The molecule has 0 saturated heterocycles. The normalized spacial score (nSPS) is 11.9. The van der Waals surface area contributed by atoms with Gasteiger partial charge in [-0.15, -0.1) is 0 Å². The van der Waals surface area contributed by atoms with Crippen LogP contribution in [0.1, 0.15) is 17.0 Å². The molecule has 0 aliphatic carbocycles. The average Bonchev–Trinajstić information content (AvgIpc) is 2.95. The van der Waals surface area contributed by atoms with Gasteiger partial charge in [0.15, 0.2) is 5.69 Å². The maximum absolute atomic E-state index is 13.8. The fourth-order valence-corrected chi connectivity index (χ4v) is 6.78. The summed E-state index contributed by atoms with van der Waals surface area (Å²) in [6.45, 7) is 7.62. The van der Waals surface area contributed by atoms with Gasteiger partial charge in [-0.25, -0.2) is 8.42 Å². The first-order valence-corrected chi connectivity index (χ1v) is 15.9. The number of pyridine rings is 2. The van der Waals surface area contributed by atoms with Crippen LogP contribution in [0.4, 0.5) is 11.4 Å². The van der Waals surface area contributed by atoms with Gasteiger partial charge in [0.05, 0.1) is 21.5 Å². The Morgan fingerprint density at radius 1 is 0.829 bits per heavy atom. The van der Waals surface area contributed by atoms with Crippen molar-refractivity contribution >= 4 is 59.1 Å². The summed E-state index contributed by atoms with van der Waals surface area (Å²) in [5.41, 5.74) is 7.15. The molecular weight excluding hydrogens is 598 g/mol. The third kappa shape index (κ3) is 6.37. The molecule has 0 aliphatic heterocycles. The summed E-state index contributed by atoms with van der Waals surface area (Å²) in [6.07, 6.45) is 0. The average molecular weight is 634 g/mol. The molecule has 0 fully saturated rings. The minimum Gasteiger partial charge on any atom is -0.383 e. The molecule has 0 amide bonds. The number of nitrogens with zero attached hydrogens (tertiary/aromatic N) is 3. The number of aromatic nitrogens is 2. The van der Waals surface area contributed by atoms with Crippen molar-refractivity contribution in [2.45, 2.75) is 25.7 Å². The molecule has 5 rings (SSSR count). The van der Waals surface area contributed by atoms with E-state index < -0.39 is 10.0 Å². The molecule has 7 nitrogen and oxygen atoms in total. The van der Waals surface area contributed by atoms with Gasteiger partial charge in [0.25, 0.3) is 0 Å². The lowest BCUT2D eigenvalue weighted by Crippen LogP contribution is -2.38. The van der Waals surface area contributed by atoms with Gasteiger partial charge in [0, 0.05) is 66.5 Å². The maximum atomic E-state index is 13.8. The Morgan fingerprint density at radius 2 is 1.49 bits per heavy atom. The molecule has 0 radical (unpaired) electrons. The number of benzene rings is 3. The van der Waals surface area contributed by atoms with Crippen LogP contribution >= 0.6 is 15.9 Å². The third-order valence-corrected chi connectivity index (χ3v) is 9.78. The van der Waals surface area contributed by atoms with Gasteiger partial charge in [-0.3, -0.25) is 4.98 Å². The van der Waals surface area contributed by atoms with Gasteiger partial charge < -0.3 is 10.6 Å². The van der Waals surface area contributed by atoms with Gasteiger partial charge in [-0.2, -0.15) is 8.87 Å². The van der Waals surface area contributed by atoms with E-state index in [1.807, 2.05) is 31.2 Å². The number of hydrogen-bond donors (Lipinski definition) is 2. The van der Waals surface area contributed by atoms with Crippen LogP contribution in [0.25, 0.3) is 21.8 Å². The van der Waals surface area contributed by atoms with Crippen LogP contribution in [0.2, 0.25) is 0 Å². The summed E-state index contributed by atoms with van der Waals surface area (Å²) in [5, 5.41) is 9.12. The second kappa shape index (κ2) is 12.1. The molecule has 0 aliphatic rings. The van der Waals surface area contributed by atoms with Crippen LogP contribution in [0.5, 0.6) is 0 Å². The van der Waals surface area contributed by atoms with E-state index in [0.29, 0.717) is 26.2 Å². The van der Waals surface area contributed by atoms with E-state index in [1.54, 1.807) is 28.6 Å². The van der Waals surface area contributed by atoms with Crippen LogP contribution in [0.15, 0.2) is 88.2 Å². The minimum absolute atomic E-state index is 0.273. The van der Waals surface area contributed by atoms with Crippen molar-refractivity contribution in [3.63, 3.8) is 0 Å². The summed E-state index contributed by atoms with van der Waals surface area (Å²) in [7, 11) is -1.67. The predicted octanol–water partition coefficient (Wildman–Crippen LogP) is 6.12. The molecule has 2 N–H and O–H groups in total. The second-order valence-electron chi connectivity index (χ2n) is 10.3. The molecule has 0 saturated carbocycles. The Hall–Kier alpha value is -3.53. The fourth-order valence-electron chi connectivity index (χ4n) is 5.07. The van der Waals surface area contributed by atoms with E-state index in [9.17, 15) is 8.42 Å². The Labute approximate surface area is 250 Å². The molecule has 212 valence electrons. The van der Waals surface area contributed by atoms with Crippen LogP contribution in [-0.4, -0.2) is 43.9 Å². The van der Waals surface area contributed by atoms with E-state index in [4.69, 9.17) is 0 Å². The molecule has 2 heterocycles. The Morgan fingerprint density at radius 3 is 2.20 bits per heavy atom. The number of fused-ring (bicyclic) bond motifs is 2. The minimum atomic E-state index is -3.73. The van der Waals surface area contributed by atoms with Gasteiger partial charge >= 0.3 is 0 Å². The van der Waals surface area contributed by atoms with Crippen molar-refractivity contribution in [1.82, 2.24) is 9.29 Å². The fraction of sp³-hybridized carbons (Fsp3) is 0.250. The summed E-state index contributed by atoms with van der Waals surface area (Å²) < 4.78 is 32.1. The molecule has 0 bridgehead atoms. The number of para-hydroxylation sites is 1. The molecule has 0 atom stereocenters. The number of hydrogen-bond acceptors (Lipinski definition) is 5. The number of halogens is 1. The first-order valence-electron chi connectivity index (χ1n) is 13.6. The van der Waals surface area contributed by atoms with Gasteiger partial charge in [-0.1, -0.05) is 39.7 Å². The van der Waals surface area contributed by atoms with Crippen molar-refractivity contribution in [3.8, 4) is 0 Å². The largest absolute Gasteiger partial charge is 0.383 e. The monoisotopic (exact) mass is 632 g/mol. The molecule has 5 aromatic rings. The second-order valence-corrected chi connectivity index (χ2v) is 13.2. The molecule has 3 aromatic carbocycles. The molecule has 0 unspecified atom stereocenters. The summed E-state index contributed by atoms with van der Waals surface area (Å²) in [5.74, 6) is 0. The Bertz CT molecular complexity index is 1810. The number of anilines is 2. The summed E-state index contributed by atoms with van der Waals surface area (Å²) >= 11 is 3.41. The summed E-state index contributed by atoms with van der Waals surface area (Å²) in [4.78, 5) is 4.92. The summed E-state index contributed by atoms with van der Waals surface area (Å²) in [6, 6.07) is 25.3. The topological polar surface area (TPSA) is 78.2 Å². The van der Waals surface area contributed by atoms with Gasteiger partial charge in [0.1, 0.15) is 7.05 Å². The van der Waals surface area contributed by atoms with Crippen molar-refractivity contribution < 1.29 is 13.0 Å². The van der Waals surface area contributed by atoms with Crippen molar-refractivity contribution in [2.24, 2.45) is 7.05 Å². The highest BCUT2D eigenvalue weighted by Crippen LogP contribution is 2.25. The van der Waals surface area contributed by atoms with E-state index >= 15 is 0 Å². The highest BCUT2D eigenvalue weighted by Gasteiger charge is 2.24. The smallest absolute Gasteiger partial charge is 0.243 e. The third-order valence-electron chi connectivity index (χ3n) is 7.33. The zero-order valence-corrected chi connectivity index (χ0v) is 26.2. The van der Waals surface area contributed by atoms with E-state index in [2.05, 4.69) is 87.3 Å². The molecule has 41 heavy (non-hydrogen) atoms. The zero-order chi connectivity index (χ0) is 29.1. The lowest BCUT2D eigenvalue weighted by atomic mass is 10.1. The van der Waals surface area contributed by atoms with Crippen LogP contribution in [0.3, 0.4) is 0 Å². The molecule has 0 spiro atoms. The molecule has 9 heteroatoms. The van der Waals surface area contributed by atoms with Crippen LogP contribution in [-0.2, 0) is 17.1 Å². The predicted molar refractivity (Wildman–Crippen MR) is 171 cm³/mol. The van der Waals surface area contributed by atoms with Gasteiger partial charge in [-0.05, 0) is 62.4 Å². The van der Waals surface area contributed by atoms with E-state index in [0.717, 1.165) is 54.6 Å². The highest BCUT2D eigenvalue weighted by atomic mass is 79.9. The van der Waals surface area contributed by atoms with Crippen molar-refractivity contribution in [1.29, 1.82) is 0 Å². The van der Waals surface area contributed by atoms with Crippen LogP contribution in [0, 0.1) is 20.8 Å². The first kappa shape index (κ1) is 29.0. The van der Waals surface area contributed by atoms with Crippen molar-refractivity contribution in [3.05, 3.63) is 100 Å². The van der Waals surface area contributed by atoms with Crippen LogP contribution < -0.4 is 15.2 Å². The number of nitrogens with one attached hydrogen (secondary N) is 2. The lowest BCUT2D eigenvalue weighted by Gasteiger charge is -2.23. The van der Waals surface area contributed by atoms with E-state index in [-0.39, 0.29) is 4.90 Å². The lowest BCUT2D eigenvalue weighted by molar-refractivity contribution is -0.651. The quantitative estimate of drug-likeness (QED) is 0.182. The van der Waals surface area contributed by atoms with E-state index in [1.165, 1.54) is 0 Å². The zero-order valence-electron chi connectivity index (χ0n) is 23.8. The SMILES string of the molecule is Cc1ccc2nc(C)cc(NCCN(CCNc3cc(C)[n+](C)c4ccccc34)S(=O)(=O)c3ccc(Br)cc3)c2c1. The Balaban J connectivity index is 1.37. The standard InChI is InChI=1S/C32H34BrN5O2S/c1-22-9-14-29-28(19-22)30(20-23(2)36-29)34-15-17-38(41(39,40)26-12-10-25(33)11-13-26)18-16-35-31-21-24(3)37(4)32-8-6-5-7-27(31)32/h5-14,19-21H,15-18H2,1-4H3,(H,34,36)/p+1. The van der Waals surface area contributed by atoms with Crippen molar-refractivity contribution in [2.75, 3.05) is 36.8 Å². The molecular formula is C32H35BrN5O2S+. The molecule has 2 aromatic heterocycles. The number of sulfonamides is 1. The maximum Gasteiger partial charge on any atom is 0.243 e. The number of aryl methyl sites for hydroxylation is 4. The Kier molecular flexibility index (Phi) is 8.58. The number of rotatable bonds is 10. The highest BCUT2D eigenvalue weighted by molar-refractivity contribution is 9.10. The van der Waals surface area contributed by atoms with Gasteiger partial charge in [0.2, 0.25) is 15.5 Å².